The third-order valence-corrected chi connectivity index (χ3v) is 8.25. The number of fused-ring (bicyclic) bond motifs is 1. The number of carbonyl (C=O) groups is 1. The molecule has 0 saturated carbocycles. The second-order valence-electron chi connectivity index (χ2n) is 11.5. The summed E-state index contributed by atoms with van der Waals surface area (Å²) in [6.07, 6.45) is 0.790. The predicted molar refractivity (Wildman–Crippen MR) is 171 cm³/mol. The molecule has 232 valence electrons. The van der Waals surface area contributed by atoms with E-state index in [4.69, 9.17) is 4.98 Å². The second-order valence-corrected chi connectivity index (χ2v) is 11.5. The number of halogens is 3. The molecule has 2 aromatic carbocycles. The van der Waals surface area contributed by atoms with Crippen LogP contribution in [0.5, 0.6) is 0 Å². The zero-order chi connectivity index (χ0) is 31.7. The number of rotatable bonds is 7. The van der Waals surface area contributed by atoms with Crippen molar-refractivity contribution in [1.29, 1.82) is 0 Å². The Morgan fingerprint density at radius 1 is 0.911 bits per heavy atom. The van der Waals surface area contributed by atoms with Crippen LogP contribution >= 0.6 is 0 Å². The van der Waals surface area contributed by atoms with Gasteiger partial charge in [-0.2, -0.15) is 13.2 Å². The van der Waals surface area contributed by atoms with Crippen molar-refractivity contribution in [2.24, 2.45) is 7.05 Å². The van der Waals surface area contributed by atoms with Gasteiger partial charge in [0.15, 0.2) is 0 Å². The van der Waals surface area contributed by atoms with E-state index in [-0.39, 0.29) is 17.7 Å². The van der Waals surface area contributed by atoms with E-state index in [0.717, 1.165) is 58.4 Å². The van der Waals surface area contributed by atoms with Gasteiger partial charge in [0, 0.05) is 86.2 Å². The van der Waals surface area contributed by atoms with E-state index < -0.39 is 17.6 Å². The lowest BCUT2D eigenvalue weighted by molar-refractivity contribution is -0.138. The molecule has 1 amide bonds. The summed E-state index contributed by atoms with van der Waals surface area (Å²) in [5.74, 6) is -0.615. The molecule has 1 fully saturated rings. The standard InChI is InChI=1S/C34H34F3N7O/c1-22-4-7-26(19-29(22)40-31-20-30(23-8-11-38-12-9-23)41-32-27(31)10-13-43(32)3)39-33(45)24-5-6-25(28(18-24)34(35,36)37)21-44-16-14-42(2)15-17-44/h4-13,18-20H,14-17,21H2,1-3H3,(H,39,45)(H,40,41). The maximum absolute atomic E-state index is 14.1. The molecular formula is C34H34F3N7O. The van der Waals surface area contributed by atoms with Crippen LogP contribution in [0, 0.1) is 6.92 Å². The fourth-order valence-corrected chi connectivity index (χ4v) is 5.55. The van der Waals surface area contributed by atoms with Crippen LogP contribution in [0.25, 0.3) is 22.3 Å². The lowest BCUT2D eigenvalue weighted by Gasteiger charge is -2.33. The van der Waals surface area contributed by atoms with Gasteiger partial charge in [-0.1, -0.05) is 12.1 Å². The predicted octanol–water partition coefficient (Wildman–Crippen LogP) is 6.71. The SMILES string of the molecule is Cc1ccc(NC(=O)c2ccc(CN3CCN(C)CC3)c(C(F)(F)F)c2)cc1Nc1cc(-c2ccncc2)nc2c1ccn2C. The molecule has 45 heavy (non-hydrogen) atoms. The van der Waals surface area contributed by atoms with Crippen molar-refractivity contribution in [3.8, 4) is 11.3 Å². The topological polar surface area (TPSA) is 78.3 Å². The van der Waals surface area contributed by atoms with E-state index in [1.165, 1.54) is 12.1 Å². The highest BCUT2D eigenvalue weighted by Gasteiger charge is 2.34. The molecule has 0 atom stereocenters. The van der Waals surface area contributed by atoms with Gasteiger partial charge in [-0.05, 0) is 73.6 Å². The molecule has 0 spiro atoms. The Bertz CT molecular complexity index is 1840. The first-order valence-electron chi connectivity index (χ1n) is 14.7. The van der Waals surface area contributed by atoms with Crippen LogP contribution in [0.2, 0.25) is 0 Å². The molecule has 0 unspecified atom stereocenters. The van der Waals surface area contributed by atoms with Crippen molar-refractivity contribution in [1.82, 2.24) is 24.3 Å². The van der Waals surface area contributed by atoms with Crippen LogP contribution in [0.15, 0.2) is 79.3 Å². The highest BCUT2D eigenvalue weighted by atomic mass is 19.4. The summed E-state index contributed by atoms with van der Waals surface area (Å²) in [6, 6.07) is 16.9. The van der Waals surface area contributed by atoms with Crippen LogP contribution in [-0.2, 0) is 19.8 Å². The van der Waals surface area contributed by atoms with Crippen LogP contribution < -0.4 is 10.6 Å². The minimum Gasteiger partial charge on any atom is -0.355 e. The normalized spacial score (nSPS) is 14.5. The third kappa shape index (κ3) is 6.69. The van der Waals surface area contributed by atoms with E-state index in [1.807, 2.05) is 67.0 Å². The van der Waals surface area contributed by atoms with Crippen molar-refractivity contribution < 1.29 is 18.0 Å². The summed E-state index contributed by atoms with van der Waals surface area (Å²) in [5.41, 5.74) is 4.76. The molecule has 6 rings (SSSR count). The fourth-order valence-electron chi connectivity index (χ4n) is 5.55. The van der Waals surface area contributed by atoms with Gasteiger partial charge >= 0.3 is 6.18 Å². The Morgan fingerprint density at radius 2 is 1.67 bits per heavy atom. The summed E-state index contributed by atoms with van der Waals surface area (Å²) >= 11 is 0. The number of alkyl halides is 3. The van der Waals surface area contributed by atoms with Gasteiger partial charge in [0.25, 0.3) is 5.91 Å². The van der Waals surface area contributed by atoms with Crippen molar-refractivity contribution in [3.05, 3.63) is 102 Å². The number of hydrogen-bond acceptors (Lipinski definition) is 6. The van der Waals surface area contributed by atoms with Crippen LogP contribution in [0.4, 0.5) is 30.2 Å². The Morgan fingerprint density at radius 3 is 2.40 bits per heavy atom. The zero-order valence-corrected chi connectivity index (χ0v) is 25.3. The number of pyridine rings is 2. The summed E-state index contributed by atoms with van der Waals surface area (Å²) in [4.78, 5) is 26.3. The Kier molecular flexibility index (Phi) is 8.30. The molecule has 3 aromatic heterocycles. The minimum absolute atomic E-state index is 0.0540. The number of anilines is 3. The van der Waals surface area contributed by atoms with E-state index in [0.29, 0.717) is 18.8 Å². The van der Waals surface area contributed by atoms with Gasteiger partial charge in [-0.15, -0.1) is 0 Å². The average molecular weight is 614 g/mol. The number of aromatic nitrogens is 3. The van der Waals surface area contributed by atoms with Gasteiger partial charge < -0.3 is 20.1 Å². The van der Waals surface area contributed by atoms with Crippen molar-refractivity contribution in [3.63, 3.8) is 0 Å². The summed E-state index contributed by atoms with van der Waals surface area (Å²) < 4.78 is 44.3. The van der Waals surface area contributed by atoms with Crippen LogP contribution in [-0.4, -0.2) is 63.5 Å². The maximum atomic E-state index is 14.1. The number of likely N-dealkylation sites (N-methyl/N-ethyl adjacent to an activating group) is 1. The summed E-state index contributed by atoms with van der Waals surface area (Å²) in [6.45, 7) is 5.12. The highest BCUT2D eigenvalue weighted by Crippen LogP contribution is 2.35. The fraction of sp³-hybridized carbons (Fsp3) is 0.265. The maximum Gasteiger partial charge on any atom is 0.416 e. The molecule has 4 heterocycles. The van der Waals surface area contributed by atoms with E-state index >= 15 is 0 Å². The number of nitrogens with one attached hydrogen (secondary N) is 2. The number of aryl methyl sites for hydroxylation is 2. The molecule has 11 heteroatoms. The number of amides is 1. The molecule has 1 aliphatic heterocycles. The van der Waals surface area contributed by atoms with Crippen LogP contribution in [0.1, 0.15) is 27.0 Å². The summed E-state index contributed by atoms with van der Waals surface area (Å²) in [5, 5.41) is 7.20. The van der Waals surface area contributed by atoms with Crippen molar-refractivity contribution >= 4 is 34.0 Å². The van der Waals surface area contributed by atoms with Crippen molar-refractivity contribution in [2.45, 2.75) is 19.6 Å². The first-order chi connectivity index (χ1) is 21.5. The molecule has 1 saturated heterocycles. The van der Waals surface area contributed by atoms with E-state index in [2.05, 4.69) is 20.5 Å². The Balaban J connectivity index is 1.25. The molecule has 0 bridgehead atoms. The first-order valence-corrected chi connectivity index (χ1v) is 14.7. The lowest BCUT2D eigenvalue weighted by atomic mass is 10.0. The third-order valence-electron chi connectivity index (χ3n) is 8.25. The van der Waals surface area contributed by atoms with Crippen LogP contribution in [0.3, 0.4) is 0 Å². The number of hydrogen-bond donors (Lipinski definition) is 2. The number of nitrogens with zero attached hydrogens (tertiary/aromatic N) is 5. The van der Waals surface area contributed by atoms with E-state index in [1.54, 1.807) is 24.5 Å². The quantitative estimate of drug-likeness (QED) is 0.213. The smallest absolute Gasteiger partial charge is 0.355 e. The highest BCUT2D eigenvalue weighted by molar-refractivity contribution is 6.05. The minimum atomic E-state index is -4.58. The number of carbonyl (C=O) groups excluding carboxylic acids is 1. The number of piperazine rings is 1. The van der Waals surface area contributed by atoms with Gasteiger partial charge in [0.1, 0.15) is 5.65 Å². The Hall–Kier alpha value is -4.74. The average Bonchev–Trinajstić information content (AvgIpc) is 3.40. The zero-order valence-electron chi connectivity index (χ0n) is 25.3. The molecule has 5 aromatic rings. The molecule has 0 radical (unpaired) electrons. The molecule has 1 aliphatic rings. The lowest BCUT2D eigenvalue weighted by Crippen LogP contribution is -2.44. The summed E-state index contributed by atoms with van der Waals surface area (Å²) in [7, 11) is 3.93. The molecule has 2 N–H and O–H groups in total. The number of benzene rings is 2. The van der Waals surface area contributed by atoms with Crippen molar-refractivity contribution in [2.75, 3.05) is 43.9 Å². The first kappa shape index (κ1) is 30.3. The monoisotopic (exact) mass is 613 g/mol. The molecular weight excluding hydrogens is 579 g/mol. The molecule has 8 nitrogen and oxygen atoms in total. The van der Waals surface area contributed by atoms with Gasteiger partial charge in [-0.3, -0.25) is 14.7 Å². The molecule has 0 aliphatic carbocycles. The van der Waals surface area contributed by atoms with Gasteiger partial charge in [0.05, 0.1) is 16.9 Å². The largest absolute Gasteiger partial charge is 0.416 e. The van der Waals surface area contributed by atoms with Gasteiger partial charge in [0.2, 0.25) is 0 Å². The second kappa shape index (κ2) is 12.3. The Labute approximate surface area is 259 Å². The van der Waals surface area contributed by atoms with Gasteiger partial charge in [-0.25, -0.2) is 4.98 Å². The van der Waals surface area contributed by atoms with E-state index in [9.17, 15) is 18.0 Å².